The maximum absolute atomic E-state index is 13.2. The number of phenolic OH excluding ortho intramolecular Hbond substituents is 1. The molecule has 0 saturated heterocycles. The molecule has 0 atom stereocenters. The highest BCUT2D eigenvalue weighted by Crippen LogP contribution is 2.32. The van der Waals surface area contributed by atoms with E-state index in [1.165, 1.54) is 10.4 Å². The molecule has 0 spiro atoms. The van der Waals surface area contributed by atoms with Crippen LogP contribution in [0.3, 0.4) is 0 Å². The van der Waals surface area contributed by atoms with E-state index in [9.17, 15) is 13.5 Å². The van der Waals surface area contributed by atoms with Crippen LogP contribution in [0.5, 0.6) is 11.5 Å². The maximum atomic E-state index is 13.2. The Kier molecular flexibility index (Phi) is 6.92. The van der Waals surface area contributed by atoms with E-state index in [1.54, 1.807) is 31.3 Å². The van der Waals surface area contributed by atoms with Gasteiger partial charge in [-0.25, -0.2) is 12.7 Å². The predicted molar refractivity (Wildman–Crippen MR) is 125 cm³/mol. The highest BCUT2D eigenvalue weighted by atomic mass is 32.2. The molecule has 0 aliphatic rings. The summed E-state index contributed by atoms with van der Waals surface area (Å²) in [7, 11) is 1.83. The molecule has 31 heavy (non-hydrogen) atoms. The Morgan fingerprint density at radius 2 is 1.61 bits per heavy atom. The van der Waals surface area contributed by atoms with Gasteiger partial charge in [0.05, 0.1) is 11.5 Å². The monoisotopic (exact) mass is 443 g/mol. The topological polar surface area (TPSA) is 96.1 Å². The normalized spacial score (nSPS) is 11.7. The van der Waals surface area contributed by atoms with Gasteiger partial charge in [-0.3, -0.25) is 0 Å². The third-order valence-electron chi connectivity index (χ3n) is 5.20. The van der Waals surface area contributed by atoms with Crippen LogP contribution in [0.25, 0.3) is 10.8 Å². The van der Waals surface area contributed by atoms with Gasteiger partial charge in [0.1, 0.15) is 17.2 Å². The molecular formula is C23H29N3O4S. The fourth-order valence-electron chi connectivity index (χ4n) is 3.44. The zero-order valence-corrected chi connectivity index (χ0v) is 18.9. The maximum Gasteiger partial charge on any atom is 0.243 e. The predicted octanol–water partition coefficient (Wildman–Crippen LogP) is 3.67. The van der Waals surface area contributed by atoms with Crippen molar-refractivity contribution in [2.45, 2.75) is 17.7 Å². The van der Waals surface area contributed by atoms with Gasteiger partial charge in [-0.15, -0.1) is 0 Å². The number of sulfonamides is 1. The number of nitrogens with zero attached hydrogens (tertiary/aromatic N) is 2. The van der Waals surface area contributed by atoms with Crippen LogP contribution in [-0.4, -0.2) is 52.1 Å². The summed E-state index contributed by atoms with van der Waals surface area (Å²) in [6, 6.07) is 15.9. The van der Waals surface area contributed by atoms with Gasteiger partial charge in [-0.05, 0) is 37.1 Å². The Hall–Kier alpha value is -2.97. The van der Waals surface area contributed by atoms with Gasteiger partial charge in [0, 0.05) is 44.1 Å². The van der Waals surface area contributed by atoms with Gasteiger partial charge in [0.15, 0.2) is 0 Å². The molecule has 3 aromatic rings. The molecule has 0 heterocycles. The Morgan fingerprint density at radius 1 is 0.935 bits per heavy atom. The van der Waals surface area contributed by atoms with Crippen molar-refractivity contribution in [1.29, 1.82) is 0 Å². The fourth-order valence-corrected chi connectivity index (χ4v) is 4.86. The first kappa shape index (κ1) is 22.7. The molecule has 0 saturated carbocycles. The van der Waals surface area contributed by atoms with Crippen molar-refractivity contribution in [2.24, 2.45) is 0 Å². The summed E-state index contributed by atoms with van der Waals surface area (Å²) in [6.07, 6.45) is 1.28. The van der Waals surface area contributed by atoms with Gasteiger partial charge < -0.3 is 20.5 Å². The van der Waals surface area contributed by atoms with Crippen LogP contribution in [0.1, 0.15) is 12.8 Å². The summed E-state index contributed by atoms with van der Waals surface area (Å²) in [5.41, 5.74) is 6.95. The summed E-state index contributed by atoms with van der Waals surface area (Å²) < 4.78 is 33.4. The van der Waals surface area contributed by atoms with Crippen LogP contribution >= 0.6 is 0 Å². The van der Waals surface area contributed by atoms with Gasteiger partial charge in [-0.2, -0.15) is 0 Å². The molecule has 0 amide bonds. The number of unbranched alkanes of at least 4 members (excludes halogenated alkanes) is 1. The third-order valence-corrected chi connectivity index (χ3v) is 7.11. The summed E-state index contributed by atoms with van der Waals surface area (Å²) in [5, 5.41) is 11.2. The second-order valence-electron chi connectivity index (χ2n) is 7.59. The molecule has 166 valence electrons. The zero-order valence-electron chi connectivity index (χ0n) is 18.1. The van der Waals surface area contributed by atoms with E-state index < -0.39 is 10.0 Å². The quantitative estimate of drug-likeness (QED) is 0.298. The summed E-state index contributed by atoms with van der Waals surface area (Å²) in [5.74, 6) is 0.407. The Morgan fingerprint density at radius 3 is 2.35 bits per heavy atom. The van der Waals surface area contributed by atoms with Crippen LogP contribution in [0.4, 0.5) is 11.4 Å². The molecule has 0 bridgehead atoms. The highest BCUT2D eigenvalue weighted by molar-refractivity contribution is 7.89. The molecule has 0 radical (unpaired) electrons. The first-order chi connectivity index (χ1) is 14.7. The van der Waals surface area contributed by atoms with E-state index in [4.69, 9.17) is 10.5 Å². The van der Waals surface area contributed by atoms with E-state index >= 15 is 0 Å². The number of hydrogen-bond acceptors (Lipinski definition) is 6. The lowest BCUT2D eigenvalue weighted by Gasteiger charge is -2.20. The van der Waals surface area contributed by atoms with Crippen molar-refractivity contribution in [1.82, 2.24) is 4.31 Å². The van der Waals surface area contributed by atoms with Crippen LogP contribution in [0.2, 0.25) is 0 Å². The van der Waals surface area contributed by atoms with E-state index in [0.29, 0.717) is 42.0 Å². The van der Waals surface area contributed by atoms with Gasteiger partial charge in [-0.1, -0.05) is 30.3 Å². The fraction of sp³-hybridized carbons (Fsp3) is 0.304. The first-order valence-corrected chi connectivity index (χ1v) is 11.5. The number of hydrogen-bond donors (Lipinski definition) is 2. The Bertz CT molecular complexity index is 1160. The van der Waals surface area contributed by atoms with Gasteiger partial charge in [0.25, 0.3) is 0 Å². The molecule has 7 nitrogen and oxygen atoms in total. The smallest absolute Gasteiger partial charge is 0.243 e. The lowest BCUT2D eigenvalue weighted by molar-refractivity contribution is 0.301. The van der Waals surface area contributed by atoms with Gasteiger partial charge >= 0.3 is 0 Å². The second-order valence-corrected chi connectivity index (χ2v) is 9.61. The summed E-state index contributed by atoms with van der Waals surface area (Å²) in [4.78, 5) is 2.28. The van der Waals surface area contributed by atoms with Crippen molar-refractivity contribution in [3.05, 3.63) is 54.6 Å². The standard InChI is InChI=1S/C23H29N3O4S/c1-25(2)19-11-6-10-18-17(19)9-7-14-22(18)31(28,29)26(3)15-4-5-16-30-21-13-8-12-20(27)23(21)24/h6-14,27H,4-5,15-16,24H2,1-3H3. The lowest BCUT2D eigenvalue weighted by atomic mass is 10.1. The first-order valence-electron chi connectivity index (χ1n) is 10.1. The number of para-hydroxylation sites is 1. The SMILES string of the molecule is CN(C)c1cccc2c(S(=O)(=O)N(C)CCCCOc3cccc(O)c3N)cccc12. The van der Waals surface area contributed by atoms with Crippen LogP contribution in [-0.2, 0) is 10.0 Å². The van der Waals surface area contributed by atoms with Crippen LogP contribution < -0.4 is 15.4 Å². The number of phenols is 1. The zero-order chi connectivity index (χ0) is 22.6. The number of nitrogen functional groups attached to an aromatic ring is 1. The molecule has 0 unspecified atom stereocenters. The Balaban J connectivity index is 1.66. The minimum Gasteiger partial charge on any atom is -0.506 e. The van der Waals surface area contributed by atoms with Gasteiger partial charge in [0.2, 0.25) is 10.0 Å². The molecule has 3 N–H and O–H groups in total. The van der Waals surface area contributed by atoms with Crippen molar-refractivity contribution < 1.29 is 18.3 Å². The molecule has 0 aliphatic heterocycles. The van der Waals surface area contributed by atoms with E-state index in [2.05, 4.69) is 0 Å². The van der Waals surface area contributed by atoms with Crippen LogP contribution in [0.15, 0.2) is 59.5 Å². The molecular weight excluding hydrogens is 414 g/mol. The average molecular weight is 444 g/mol. The van der Waals surface area contributed by atoms with Crippen molar-refractivity contribution in [2.75, 3.05) is 44.9 Å². The molecule has 8 heteroatoms. The number of rotatable bonds is 9. The summed E-state index contributed by atoms with van der Waals surface area (Å²) >= 11 is 0. The van der Waals surface area contributed by atoms with Crippen LogP contribution in [0, 0.1) is 0 Å². The van der Waals surface area contributed by atoms with Crippen molar-refractivity contribution in [3.8, 4) is 11.5 Å². The molecule has 3 rings (SSSR count). The minimum absolute atomic E-state index is 0.0177. The molecule has 0 fully saturated rings. The second kappa shape index (κ2) is 9.45. The van der Waals surface area contributed by atoms with Crippen molar-refractivity contribution in [3.63, 3.8) is 0 Å². The van der Waals surface area contributed by atoms with E-state index in [0.717, 1.165) is 11.1 Å². The molecule has 3 aromatic carbocycles. The number of aromatic hydroxyl groups is 1. The highest BCUT2D eigenvalue weighted by Gasteiger charge is 2.23. The number of benzene rings is 3. The third kappa shape index (κ3) is 4.86. The molecule has 0 aromatic heterocycles. The average Bonchev–Trinajstić information content (AvgIpc) is 2.75. The molecule has 0 aliphatic carbocycles. The van der Waals surface area contributed by atoms with E-state index in [-0.39, 0.29) is 11.4 Å². The summed E-state index contributed by atoms with van der Waals surface area (Å²) in [6.45, 7) is 0.743. The number of nitrogens with two attached hydrogens (primary N) is 1. The largest absolute Gasteiger partial charge is 0.506 e. The Labute approximate surface area is 183 Å². The number of fused-ring (bicyclic) bond motifs is 1. The van der Waals surface area contributed by atoms with E-state index in [1.807, 2.05) is 43.3 Å². The lowest BCUT2D eigenvalue weighted by Crippen LogP contribution is -2.28. The number of ether oxygens (including phenoxy) is 1. The van der Waals surface area contributed by atoms with Crippen molar-refractivity contribution >= 4 is 32.2 Å². The number of anilines is 2. The minimum atomic E-state index is -3.64.